The number of hydrogen-bond acceptors (Lipinski definition) is 7. The standard InChI is InChI=1S/C23H28O7S/c1-5-23(3,22(24)27-6-2)29-20-15-13-19(14-16-20)28-17-7-8-18-9-11-21(12-10-18)30-31(4,25)26/h7-16H,5-6,17H2,1-4H3/b8-7+. The fourth-order valence-corrected chi connectivity index (χ4v) is 3.00. The smallest absolute Gasteiger partial charge is 0.350 e. The molecular formula is C23H28O7S. The van der Waals surface area contributed by atoms with E-state index in [-0.39, 0.29) is 11.7 Å². The Bertz CT molecular complexity index is 980. The molecule has 0 fully saturated rings. The molecule has 2 aromatic carbocycles. The SMILES string of the molecule is CCOC(=O)C(C)(CC)Oc1ccc(OC/C=C/c2ccc(OS(C)(=O)=O)cc2)cc1. The normalized spacial score (nSPS) is 13.4. The first-order valence-electron chi connectivity index (χ1n) is 9.90. The molecule has 0 saturated heterocycles. The van der Waals surface area contributed by atoms with E-state index in [9.17, 15) is 13.2 Å². The third-order valence-electron chi connectivity index (χ3n) is 4.33. The number of carbonyl (C=O) groups is 1. The highest BCUT2D eigenvalue weighted by Crippen LogP contribution is 2.25. The van der Waals surface area contributed by atoms with Crippen LogP contribution in [0.5, 0.6) is 17.2 Å². The van der Waals surface area contributed by atoms with Gasteiger partial charge in [0.15, 0.2) is 0 Å². The molecular weight excluding hydrogens is 420 g/mol. The topological polar surface area (TPSA) is 88.1 Å². The van der Waals surface area contributed by atoms with Crippen LogP contribution in [0.25, 0.3) is 6.08 Å². The van der Waals surface area contributed by atoms with Crippen LogP contribution in [-0.2, 0) is 19.6 Å². The molecule has 31 heavy (non-hydrogen) atoms. The fraction of sp³-hybridized carbons (Fsp3) is 0.348. The van der Waals surface area contributed by atoms with Gasteiger partial charge in [-0.05, 0) is 68.3 Å². The number of carbonyl (C=O) groups excluding carboxylic acids is 1. The van der Waals surface area contributed by atoms with Crippen LogP contribution in [0.2, 0.25) is 0 Å². The number of ether oxygens (including phenoxy) is 3. The molecule has 0 radical (unpaired) electrons. The lowest BCUT2D eigenvalue weighted by Gasteiger charge is -2.27. The van der Waals surface area contributed by atoms with Crippen LogP contribution in [-0.4, -0.2) is 39.5 Å². The second-order valence-corrected chi connectivity index (χ2v) is 8.52. The lowest BCUT2D eigenvalue weighted by atomic mass is 10.0. The molecule has 2 aromatic rings. The van der Waals surface area contributed by atoms with Crippen molar-refractivity contribution in [1.82, 2.24) is 0 Å². The molecule has 168 valence electrons. The summed E-state index contributed by atoms with van der Waals surface area (Å²) in [5, 5.41) is 0. The Morgan fingerprint density at radius 2 is 1.55 bits per heavy atom. The van der Waals surface area contributed by atoms with Crippen molar-refractivity contribution < 1.29 is 31.6 Å². The second-order valence-electron chi connectivity index (χ2n) is 6.95. The summed E-state index contributed by atoms with van der Waals surface area (Å²) in [4.78, 5) is 12.1. The monoisotopic (exact) mass is 448 g/mol. The van der Waals surface area contributed by atoms with Gasteiger partial charge < -0.3 is 18.4 Å². The highest BCUT2D eigenvalue weighted by atomic mass is 32.2. The molecule has 0 saturated carbocycles. The molecule has 0 N–H and O–H groups in total. The number of hydrogen-bond donors (Lipinski definition) is 0. The predicted molar refractivity (Wildman–Crippen MR) is 119 cm³/mol. The molecule has 8 heteroatoms. The molecule has 0 heterocycles. The van der Waals surface area contributed by atoms with Gasteiger partial charge in [0.05, 0.1) is 12.9 Å². The van der Waals surface area contributed by atoms with Gasteiger partial charge in [-0.25, -0.2) is 4.79 Å². The van der Waals surface area contributed by atoms with E-state index in [1.54, 1.807) is 62.4 Å². The van der Waals surface area contributed by atoms with Gasteiger partial charge in [0.25, 0.3) is 0 Å². The van der Waals surface area contributed by atoms with Gasteiger partial charge >= 0.3 is 16.1 Å². The first-order valence-corrected chi connectivity index (χ1v) is 11.7. The molecule has 0 aliphatic heterocycles. The number of benzene rings is 2. The number of esters is 1. The molecule has 0 aliphatic carbocycles. The van der Waals surface area contributed by atoms with E-state index in [0.29, 0.717) is 31.1 Å². The van der Waals surface area contributed by atoms with Crippen molar-refractivity contribution in [2.24, 2.45) is 0 Å². The summed E-state index contributed by atoms with van der Waals surface area (Å²) in [5.74, 6) is 1.08. The molecule has 0 bridgehead atoms. The zero-order valence-electron chi connectivity index (χ0n) is 18.2. The molecule has 0 aliphatic rings. The van der Waals surface area contributed by atoms with E-state index in [2.05, 4.69) is 0 Å². The van der Waals surface area contributed by atoms with Crippen molar-refractivity contribution in [2.75, 3.05) is 19.5 Å². The van der Waals surface area contributed by atoms with Gasteiger partial charge in [0.2, 0.25) is 5.60 Å². The first kappa shape index (κ1) is 24.3. The van der Waals surface area contributed by atoms with Gasteiger partial charge in [-0.2, -0.15) is 8.42 Å². The van der Waals surface area contributed by atoms with Crippen LogP contribution in [0.4, 0.5) is 0 Å². The maximum atomic E-state index is 12.1. The van der Waals surface area contributed by atoms with Crippen molar-refractivity contribution in [2.45, 2.75) is 32.8 Å². The third kappa shape index (κ3) is 7.97. The Kier molecular flexibility index (Phi) is 8.50. The maximum Gasteiger partial charge on any atom is 0.350 e. The molecule has 0 spiro atoms. The predicted octanol–water partition coefficient (Wildman–Crippen LogP) is 4.23. The maximum absolute atomic E-state index is 12.1. The van der Waals surface area contributed by atoms with Gasteiger partial charge in [0, 0.05) is 0 Å². The lowest BCUT2D eigenvalue weighted by Crippen LogP contribution is -2.42. The molecule has 1 unspecified atom stereocenters. The quantitative estimate of drug-likeness (QED) is 0.375. The Morgan fingerprint density at radius 1 is 0.968 bits per heavy atom. The highest BCUT2D eigenvalue weighted by Gasteiger charge is 2.35. The highest BCUT2D eigenvalue weighted by molar-refractivity contribution is 7.86. The van der Waals surface area contributed by atoms with Crippen LogP contribution >= 0.6 is 0 Å². The molecule has 7 nitrogen and oxygen atoms in total. The fourth-order valence-electron chi connectivity index (χ4n) is 2.54. The van der Waals surface area contributed by atoms with Crippen molar-refractivity contribution in [3.05, 3.63) is 60.2 Å². The Balaban J connectivity index is 1.87. The van der Waals surface area contributed by atoms with Gasteiger partial charge in [-0.1, -0.05) is 25.1 Å². The largest absolute Gasteiger partial charge is 0.490 e. The van der Waals surface area contributed by atoms with Crippen molar-refractivity contribution in [3.8, 4) is 17.2 Å². The molecule has 0 amide bonds. The van der Waals surface area contributed by atoms with Gasteiger partial charge in [-0.15, -0.1) is 0 Å². The average molecular weight is 449 g/mol. The lowest BCUT2D eigenvalue weighted by molar-refractivity contribution is -0.160. The Labute approximate surface area is 183 Å². The Hall–Kier alpha value is -3.00. The summed E-state index contributed by atoms with van der Waals surface area (Å²) >= 11 is 0. The van der Waals surface area contributed by atoms with E-state index in [0.717, 1.165) is 11.8 Å². The molecule has 1 atom stereocenters. The van der Waals surface area contributed by atoms with Crippen molar-refractivity contribution in [1.29, 1.82) is 0 Å². The zero-order chi connectivity index (χ0) is 22.9. The van der Waals surface area contributed by atoms with E-state index in [4.69, 9.17) is 18.4 Å². The van der Waals surface area contributed by atoms with Crippen LogP contribution in [0, 0.1) is 0 Å². The van der Waals surface area contributed by atoms with E-state index in [1.165, 1.54) is 0 Å². The van der Waals surface area contributed by atoms with Crippen molar-refractivity contribution in [3.63, 3.8) is 0 Å². The summed E-state index contributed by atoms with van der Waals surface area (Å²) in [6, 6.07) is 13.7. The molecule has 0 aromatic heterocycles. The minimum atomic E-state index is -3.53. The minimum Gasteiger partial charge on any atom is -0.490 e. The summed E-state index contributed by atoms with van der Waals surface area (Å²) < 4.78 is 43.6. The van der Waals surface area contributed by atoms with E-state index >= 15 is 0 Å². The van der Waals surface area contributed by atoms with Gasteiger partial charge in [-0.3, -0.25) is 0 Å². The van der Waals surface area contributed by atoms with Crippen LogP contribution in [0.3, 0.4) is 0 Å². The van der Waals surface area contributed by atoms with Crippen LogP contribution in [0.1, 0.15) is 32.8 Å². The third-order valence-corrected chi connectivity index (χ3v) is 4.83. The Morgan fingerprint density at radius 3 is 2.10 bits per heavy atom. The van der Waals surface area contributed by atoms with Crippen molar-refractivity contribution >= 4 is 22.2 Å². The number of rotatable bonds is 11. The summed E-state index contributed by atoms with van der Waals surface area (Å²) in [6.45, 7) is 5.98. The first-order chi connectivity index (χ1) is 14.6. The minimum absolute atomic E-state index is 0.264. The van der Waals surface area contributed by atoms with Crippen LogP contribution in [0.15, 0.2) is 54.6 Å². The average Bonchev–Trinajstić information content (AvgIpc) is 2.72. The second kappa shape index (κ2) is 10.9. The van der Waals surface area contributed by atoms with E-state index < -0.39 is 15.7 Å². The van der Waals surface area contributed by atoms with E-state index in [1.807, 2.05) is 19.1 Å². The van der Waals surface area contributed by atoms with Crippen LogP contribution < -0.4 is 13.7 Å². The van der Waals surface area contributed by atoms with Gasteiger partial charge in [0.1, 0.15) is 23.9 Å². The zero-order valence-corrected chi connectivity index (χ0v) is 19.0. The molecule has 2 rings (SSSR count). The summed E-state index contributed by atoms with van der Waals surface area (Å²) in [5.41, 5.74) is -0.158. The summed E-state index contributed by atoms with van der Waals surface area (Å²) in [6.07, 6.45) is 5.18. The summed E-state index contributed by atoms with van der Waals surface area (Å²) in [7, 11) is -3.53.